The summed E-state index contributed by atoms with van der Waals surface area (Å²) in [6, 6.07) is 9.57. The van der Waals surface area contributed by atoms with Crippen molar-refractivity contribution in [3.8, 4) is 0 Å². The number of hydrogen-bond acceptors (Lipinski definition) is 4. The van der Waals surface area contributed by atoms with Crippen molar-refractivity contribution in [2.45, 2.75) is 39.0 Å². The van der Waals surface area contributed by atoms with Gasteiger partial charge in [-0.25, -0.2) is 9.59 Å². The molecule has 0 spiro atoms. The Labute approximate surface area is 146 Å². The Bertz CT molecular complexity index is 734. The average Bonchev–Trinajstić information content (AvgIpc) is 2.91. The van der Waals surface area contributed by atoms with Gasteiger partial charge in [0.1, 0.15) is 5.60 Å². The molecule has 0 aliphatic heterocycles. The van der Waals surface area contributed by atoms with Crippen LogP contribution in [0.5, 0.6) is 0 Å². The summed E-state index contributed by atoms with van der Waals surface area (Å²) in [6.07, 6.45) is 0.811. The fraction of sp³-hybridized carbons (Fsp3) is 0.389. The predicted octanol–water partition coefficient (Wildman–Crippen LogP) is 2.98. The molecule has 0 fully saturated rings. The largest absolute Gasteiger partial charge is 0.479 e. The highest BCUT2D eigenvalue weighted by atomic mass is 16.6. The molecule has 0 radical (unpaired) electrons. The van der Waals surface area contributed by atoms with Crippen LogP contribution in [0.4, 0.5) is 4.79 Å². The summed E-state index contributed by atoms with van der Waals surface area (Å²) in [7, 11) is 1.64. The van der Waals surface area contributed by atoms with E-state index in [1.807, 2.05) is 30.3 Å². The van der Waals surface area contributed by atoms with E-state index in [-0.39, 0.29) is 6.54 Å². The van der Waals surface area contributed by atoms with Gasteiger partial charge in [-0.1, -0.05) is 30.3 Å². The third-order valence-corrected chi connectivity index (χ3v) is 3.51. The number of carboxylic acid groups (broad SMARTS) is 1. The first kappa shape index (κ1) is 18.5. The fourth-order valence-electron chi connectivity index (χ4n) is 2.43. The van der Waals surface area contributed by atoms with Gasteiger partial charge in [-0.2, -0.15) is 5.10 Å². The Morgan fingerprint density at radius 1 is 1.24 bits per heavy atom. The molecule has 2 aromatic rings. The summed E-state index contributed by atoms with van der Waals surface area (Å²) < 4.78 is 6.88. The van der Waals surface area contributed by atoms with Crippen LogP contribution in [-0.2, 0) is 23.1 Å². The number of benzene rings is 1. The minimum absolute atomic E-state index is 0.109. The topological polar surface area (TPSA) is 84.7 Å². The number of carboxylic acids is 1. The van der Waals surface area contributed by atoms with Gasteiger partial charge in [-0.05, 0) is 32.4 Å². The lowest BCUT2D eigenvalue weighted by atomic mass is 10.1. The van der Waals surface area contributed by atoms with Crippen LogP contribution in [-0.4, -0.2) is 37.5 Å². The third kappa shape index (κ3) is 4.82. The van der Waals surface area contributed by atoms with E-state index in [9.17, 15) is 14.7 Å². The van der Waals surface area contributed by atoms with Crippen molar-refractivity contribution in [3.05, 3.63) is 53.9 Å². The van der Waals surface area contributed by atoms with Crippen LogP contribution >= 0.6 is 0 Å². The minimum Gasteiger partial charge on any atom is -0.479 e. The molecule has 1 aromatic carbocycles. The highest BCUT2D eigenvalue weighted by Crippen LogP contribution is 2.25. The van der Waals surface area contributed by atoms with Crippen molar-refractivity contribution in [2.75, 3.05) is 0 Å². The molecule has 0 saturated heterocycles. The Hall–Kier alpha value is -2.83. The van der Waals surface area contributed by atoms with Crippen molar-refractivity contribution in [3.63, 3.8) is 0 Å². The molecule has 1 N–H and O–H groups in total. The SMILES string of the molecule is Cn1nccc1C(C(=O)O)N(Cc1ccccc1)C(=O)OC(C)(C)C. The summed E-state index contributed by atoms with van der Waals surface area (Å²) in [5.41, 5.74) is 0.470. The van der Waals surface area contributed by atoms with E-state index in [2.05, 4.69) is 5.10 Å². The maximum Gasteiger partial charge on any atom is 0.411 e. The van der Waals surface area contributed by atoms with Crippen LogP contribution in [0.25, 0.3) is 0 Å². The molecular formula is C18H23N3O4. The molecule has 0 aliphatic carbocycles. The number of rotatable bonds is 5. The Morgan fingerprint density at radius 3 is 2.36 bits per heavy atom. The van der Waals surface area contributed by atoms with Gasteiger partial charge >= 0.3 is 12.1 Å². The number of nitrogens with zero attached hydrogens (tertiary/aromatic N) is 3. The van der Waals surface area contributed by atoms with Crippen LogP contribution in [0.2, 0.25) is 0 Å². The molecular weight excluding hydrogens is 322 g/mol. The van der Waals surface area contributed by atoms with Gasteiger partial charge in [0.25, 0.3) is 0 Å². The van der Waals surface area contributed by atoms with Gasteiger partial charge < -0.3 is 9.84 Å². The molecule has 1 aromatic heterocycles. The third-order valence-electron chi connectivity index (χ3n) is 3.51. The molecule has 0 aliphatic rings. The first-order valence-electron chi connectivity index (χ1n) is 7.93. The van der Waals surface area contributed by atoms with Crippen molar-refractivity contribution < 1.29 is 19.4 Å². The van der Waals surface area contributed by atoms with Crippen LogP contribution in [0.15, 0.2) is 42.6 Å². The number of carbonyl (C=O) groups is 2. The highest BCUT2D eigenvalue weighted by Gasteiger charge is 2.36. The van der Waals surface area contributed by atoms with E-state index in [4.69, 9.17) is 4.74 Å². The summed E-state index contributed by atoms with van der Waals surface area (Å²) in [5, 5.41) is 13.8. The van der Waals surface area contributed by atoms with E-state index in [1.54, 1.807) is 33.9 Å². The average molecular weight is 345 g/mol. The van der Waals surface area contributed by atoms with Crippen molar-refractivity contribution in [1.29, 1.82) is 0 Å². The first-order chi connectivity index (χ1) is 11.7. The summed E-state index contributed by atoms with van der Waals surface area (Å²) in [6.45, 7) is 5.33. The Balaban J connectivity index is 2.42. The number of aliphatic carboxylic acids is 1. The zero-order valence-corrected chi connectivity index (χ0v) is 14.8. The van der Waals surface area contributed by atoms with E-state index >= 15 is 0 Å². The monoisotopic (exact) mass is 345 g/mol. The maximum atomic E-state index is 12.7. The summed E-state index contributed by atoms with van der Waals surface area (Å²) in [4.78, 5) is 25.9. The van der Waals surface area contributed by atoms with E-state index < -0.39 is 23.7 Å². The number of carbonyl (C=O) groups excluding carboxylic acids is 1. The van der Waals surface area contributed by atoms with Crippen LogP contribution in [0.1, 0.15) is 38.1 Å². The standard InChI is InChI=1S/C18H23N3O4/c1-18(2,3)25-17(24)21(12-13-8-6-5-7-9-13)15(16(22)23)14-10-11-19-20(14)4/h5-11,15H,12H2,1-4H3,(H,22,23). The second kappa shape index (κ2) is 7.38. The number of ether oxygens (including phenoxy) is 1. The molecule has 1 heterocycles. The molecule has 7 nitrogen and oxygen atoms in total. The molecule has 2 rings (SSSR count). The molecule has 1 atom stereocenters. The Kier molecular flexibility index (Phi) is 5.46. The second-order valence-electron chi connectivity index (χ2n) is 6.71. The molecule has 25 heavy (non-hydrogen) atoms. The number of hydrogen-bond donors (Lipinski definition) is 1. The van der Waals surface area contributed by atoms with E-state index in [1.165, 1.54) is 15.8 Å². The van der Waals surface area contributed by atoms with Crippen LogP contribution in [0, 0.1) is 0 Å². The predicted molar refractivity (Wildman–Crippen MR) is 91.8 cm³/mol. The zero-order chi connectivity index (χ0) is 18.6. The lowest BCUT2D eigenvalue weighted by molar-refractivity contribution is -0.144. The maximum absolute atomic E-state index is 12.7. The van der Waals surface area contributed by atoms with Gasteiger partial charge in [-0.3, -0.25) is 9.58 Å². The van der Waals surface area contributed by atoms with Crippen LogP contribution < -0.4 is 0 Å². The number of amides is 1. The smallest absolute Gasteiger partial charge is 0.411 e. The minimum atomic E-state index is -1.21. The Morgan fingerprint density at radius 2 is 1.88 bits per heavy atom. The summed E-state index contributed by atoms with van der Waals surface area (Å²) in [5.74, 6) is -1.15. The van der Waals surface area contributed by atoms with Gasteiger partial charge in [0, 0.05) is 13.2 Å². The quantitative estimate of drug-likeness (QED) is 0.900. The normalized spacial score (nSPS) is 12.5. The van der Waals surface area contributed by atoms with E-state index in [0.29, 0.717) is 5.69 Å². The molecule has 0 bridgehead atoms. The zero-order valence-electron chi connectivity index (χ0n) is 14.8. The molecule has 7 heteroatoms. The lowest BCUT2D eigenvalue weighted by Crippen LogP contribution is -2.42. The molecule has 134 valence electrons. The second-order valence-corrected chi connectivity index (χ2v) is 6.71. The summed E-state index contributed by atoms with van der Waals surface area (Å²) >= 11 is 0. The van der Waals surface area contributed by atoms with Gasteiger partial charge in [0.15, 0.2) is 6.04 Å². The molecule has 1 unspecified atom stereocenters. The lowest BCUT2D eigenvalue weighted by Gasteiger charge is -2.31. The van der Waals surface area contributed by atoms with Crippen molar-refractivity contribution >= 4 is 12.1 Å². The van der Waals surface area contributed by atoms with E-state index in [0.717, 1.165) is 5.56 Å². The number of aromatic nitrogens is 2. The van der Waals surface area contributed by atoms with Crippen molar-refractivity contribution in [2.24, 2.45) is 7.05 Å². The van der Waals surface area contributed by atoms with Gasteiger partial charge in [0.05, 0.1) is 12.2 Å². The van der Waals surface area contributed by atoms with Gasteiger partial charge in [0.2, 0.25) is 0 Å². The van der Waals surface area contributed by atoms with Crippen molar-refractivity contribution in [1.82, 2.24) is 14.7 Å². The first-order valence-corrected chi connectivity index (χ1v) is 7.93. The van der Waals surface area contributed by atoms with Crippen LogP contribution in [0.3, 0.4) is 0 Å². The number of aryl methyl sites for hydroxylation is 1. The molecule has 0 saturated carbocycles. The van der Waals surface area contributed by atoms with Gasteiger partial charge in [-0.15, -0.1) is 0 Å². The molecule has 1 amide bonds. The highest BCUT2D eigenvalue weighted by molar-refractivity contribution is 5.81. The fourth-order valence-corrected chi connectivity index (χ4v) is 2.43.